The van der Waals surface area contributed by atoms with E-state index in [4.69, 9.17) is 30.9 Å². The van der Waals surface area contributed by atoms with Crippen molar-refractivity contribution in [1.82, 2.24) is 0 Å². The van der Waals surface area contributed by atoms with Crippen LogP contribution < -0.4 is 19.1 Å². The van der Waals surface area contributed by atoms with Crippen molar-refractivity contribution < 1.29 is 34.0 Å². The van der Waals surface area contributed by atoms with Gasteiger partial charge in [-0.3, -0.25) is 4.79 Å². The van der Waals surface area contributed by atoms with Crippen molar-refractivity contribution in [1.29, 1.82) is 0 Å². The van der Waals surface area contributed by atoms with Gasteiger partial charge >= 0.3 is 11.9 Å². The summed E-state index contributed by atoms with van der Waals surface area (Å²) in [5, 5.41) is 19.2. The lowest BCUT2D eigenvalue weighted by molar-refractivity contribution is -0.145. The van der Waals surface area contributed by atoms with Crippen molar-refractivity contribution in [2.75, 3.05) is 31.2 Å². The lowest BCUT2D eigenvalue weighted by Crippen LogP contribution is -2.45. The summed E-state index contributed by atoms with van der Waals surface area (Å²) < 4.78 is 17.4. The molecule has 0 amide bonds. The van der Waals surface area contributed by atoms with Crippen LogP contribution in [-0.2, 0) is 9.59 Å². The zero-order valence-electron chi connectivity index (χ0n) is 22.0. The highest BCUT2D eigenvalue weighted by molar-refractivity contribution is 6.32. The van der Waals surface area contributed by atoms with Crippen LogP contribution in [0.5, 0.6) is 17.2 Å². The smallest absolute Gasteiger partial charge is 0.346 e. The molecule has 2 N–H and O–H groups in total. The second-order valence-electron chi connectivity index (χ2n) is 9.32. The fourth-order valence-corrected chi connectivity index (χ4v) is 4.48. The Bertz CT molecular complexity index is 1330. The van der Waals surface area contributed by atoms with Gasteiger partial charge in [0, 0.05) is 18.5 Å². The molecule has 210 valence electrons. The highest BCUT2D eigenvalue weighted by atomic mass is 35.5. The normalized spacial score (nSPS) is 14.4. The second kappa shape index (κ2) is 14.3. The summed E-state index contributed by atoms with van der Waals surface area (Å²) >= 11 is 6.09. The molecular formula is C31H32ClNO7. The molecule has 0 radical (unpaired) electrons. The monoisotopic (exact) mass is 565 g/mol. The maximum atomic E-state index is 11.7. The number of carbonyl (C=O) groups is 2. The Kier molecular flexibility index (Phi) is 10.3. The number of halogens is 1. The third-order valence-electron chi connectivity index (χ3n) is 6.34. The van der Waals surface area contributed by atoms with Crippen LogP contribution >= 0.6 is 11.6 Å². The van der Waals surface area contributed by atoms with Crippen LogP contribution in [-0.4, -0.2) is 54.6 Å². The van der Waals surface area contributed by atoms with Gasteiger partial charge in [0.1, 0.15) is 11.5 Å². The average Bonchev–Trinajstić information content (AvgIpc) is 2.95. The van der Waals surface area contributed by atoms with Gasteiger partial charge in [0.05, 0.1) is 30.5 Å². The Morgan fingerprint density at radius 2 is 1.68 bits per heavy atom. The lowest BCUT2D eigenvalue weighted by Gasteiger charge is -2.35. The molecule has 40 heavy (non-hydrogen) atoms. The zero-order chi connectivity index (χ0) is 28.3. The summed E-state index contributed by atoms with van der Waals surface area (Å²) in [4.78, 5) is 24.5. The minimum absolute atomic E-state index is 0.0156. The molecule has 1 heterocycles. The highest BCUT2D eigenvalue weighted by Crippen LogP contribution is 2.38. The molecule has 3 aromatic carbocycles. The molecular weight excluding hydrogens is 534 g/mol. The van der Waals surface area contributed by atoms with Crippen molar-refractivity contribution in [3.63, 3.8) is 0 Å². The number of carboxylic acid groups (broad SMARTS) is 2. The summed E-state index contributed by atoms with van der Waals surface area (Å²) in [5.41, 5.74) is 2.44. The van der Waals surface area contributed by atoms with Crippen LogP contribution in [0.3, 0.4) is 0 Å². The Morgan fingerprint density at radius 1 is 0.925 bits per heavy atom. The van der Waals surface area contributed by atoms with E-state index >= 15 is 0 Å². The van der Waals surface area contributed by atoms with E-state index in [0.717, 1.165) is 35.4 Å². The van der Waals surface area contributed by atoms with Gasteiger partial charge in [-0.25, -0.2) is 4.79 Å². The molecule has 1 aliphatic heterocycles. The number of benzene rings is 3. The van der Waals surface area contributed by atoms with E-state index in [1.165, 1.54) is 0 Å². The van der Waals surface area contributed by atoms with E-state index in [9.17, 15) is 14.7 Å². The molecule has 0 bridgehead atoms. The van der Waals surface area contributed by atoms with Crippen LogP contribution in [0.25, 0.3) is 12.2 Å². The van der Waals surface area contributed by atoms with Gasteiger partial charge in [0.15, 0.2) is 5.75 Å². The first kappa shape index (κ1) is 28.8. The highest BCUT2D eigenvalue weighted by Gasteiger charge is 2.31. The van der Waals surface area contributed by atoms with Crippen molar-refractivity contribution in [2.45, 2.75) is 31.8 Å². The molecule has 9 heteroatoms. The maximum absolute atomic E-state index is 11.7. The van der Waals surface area contributed by atoms with E-state index < -0.39 is 18.0 Å². The third-order valence-corrected chi connectivity index (χ3v) is 6.66. The summed E-state index contributed by atoms with van der Waals surface area (Å²) in [6.07, 6.45) is 4.88. The van der Waals surface area contributed by atoms with Crippen LogP contribution in [0.2, 0.25) is 5.02 Å². The Hall–Kier alpha value is -4.17. The molecule has 0 saturated carbocycles. The molecule has 3 aromatic rings. The lowest BCUT2D eigenvalue weighted by atomic mass is 10.1. The van der Waals surface area contributed by atoms with E-state index in [0.29, 0.717) is 42.7 Å². The van der Waals surface area contributed by atoms with Gasteiger partial charge < -0.3 is 29.3 Å². The van der Waals surface area contributed by atoms with Crippen LogP contribution in [0.1, 0.15) is 36.8 Å². The number of aliphatic carboxylic acids is 2. The summed E-state index contributed by atoms with van der Waals surface area (Å²) in [6, 6.07) is 20.7. The topological polar surface area (TPSA) is 106 Å². The van der Waals surface area contributed by atoms with Crippen LogP contribution in [0, 0.1) is 0 Å². The first-order valence-corrected chi connectivity index (χ1v) is 13.6. The second-order valence-corrected chi connectivity index (χ2v) is 9.73. The van der Waals surface area contributed by atoms with Crippen LogP contribution in [0.15, 0.2) is 66.7 Å². The molecule has 1 unspecified atom stereocenters. The number of anilines is 1. The minimum atomic E-state index is -1.06. The first-order valence-electron chi connectivity index (χ1n) is 13.2. The number of hydrogen-bond donors (Lipinski definition) is 2. The van der Waals surface area contributed by atoms with Gasteiger partial charge in [0.2, 0.25) is 6.10 Å². The van der Waals surface area contributed by atoms with E-state index in [1.807, 2.05) is 77.7 Å². The Balaban J connectivity index is 1.31. The quantitative estimate of drug-likeness (QED) is 0.174. The number of rotatable bonds is 14. The largest absolute Gasteiger partial charge is 0.494 e. The van der Waals surface area contributed by atoms with Gasteiger partial charge in [-0.1, -0.05) is 60.2 Å². The summed E-state index contributed by atoms with van der Waals surface area (Å²) in [5.74, 6) is -0.00454. The predicted octanol–water partition coefficient (Wildman–Crippen LogP) is 6.27. The minimum Gasteiger partial charge on any atom is -0.494 e. The maximum Gasteiger partial charge on any atom is 0.346 e. The molecule has 1 atom stereocenters. The first-order chi connectivity index (χ1) is 19.4. The number of ether oxygens (including phenoxy) is 3. The van der Waals surface area contributed by atoms with Crippen molar-refractivity contribution >= 4 is 41.4 Å². The SMILES string of the molecule is O=C(O)CCCN1CC(C(=O)O)Oc2c(C=Cc3ccc(OCCCCOc4ccccc4Cl)cc3)cccc21. The van der Waals surface area contributed by atoms with Gasteiger partial charge in [0.25, 0.3) is 0 Å². The number of unbranched alkanes of at least 4 members (excludes halogenated alkanes) is 1. The van der Waals surface area contributed by atoms with Gasteiger partial charge in [-0.2, -0.15) is 0 Å². The Labute approximate surface area is 238 Å². The number of nitrogens with zero attached hydrogens (tertiary/aromatic N) is 1. The van der Waals surface area contributed by atoms with Crippen molar-refractivity contribution in [2.24, 2.45) is 0 Å². The van der Waals surface area contributed by atoms with Crippen molar-refractivity contribution in [3.8, 4) is 17.2 Å². The molecule has 8 nitrogen and oxygen atoms in total. The zero-order valence-corrected chi connectivity index (χ0v) is 22.8. The molecule has 0 spiro atoms. The Morgan fingerprint density at radius 3 is 2.40 bits per heavy atom. The van der Waals surface area contributed by atoms with E-state index in [2.05, 4.69) is 0 Å². The standard InChI is InChI=1S/C31H32ClNO7/c32-25-8-1-2-10-27(25)39-20-4-3-19-38-24-16-13-22(14-17-24)12-15-23-7-5-9-26-30(23)40-28(31(36)37)21-33(26)18-6-11-29(34)35/h1-2,5,7-10,12-17,28H,3-4,6,11,18-21H2,(H,34,35)(H,36,37). The number of fused-ring (bicyclic) bond motifs is 1. The number of carboxylic acids is 2. The fraction of sp³-hybridized carbons (Fsp3) is 0.290. The number of hydrogen-bond acceptors (Lipinski definition) is 6. The molecule has 4 rings (SSSR count). The number of para-hydroxylation sites is 2. The third kappa shape index (κ3) is 8.16. The molecule has 0 aromatic heterocycles. The van der Waals surface area contributed by atoms with Gasteiger partial charge in [-0.05, 0) is 55.2 Å². The molecule has 0 fully saturated rings. The molecule has 0 saturated heterocycles. The fourth-order valence-electron chi connectivity index (χ4n) is 4.29. The van der Waals surface area contributed by atoms with Crippen LogP contribution in [0.4, 0.5) is 5.69 Å². The van der Waals surface area contributed by atoms with E-state index in [-0.39, 0.29) is 13.0 Å². The van der Waals surface area contributed by atoms with E-state index in [1.54, 1.807) is 6.07 Å². The molecule has 0 aliphatic carbocycles. The van der Waals surface area contributed by atoms with Crippen molar-refractivity contribution in [3.05, 3.63) is 82.9 Å². The average molecular weight is 566 g/mol. The summed E-state index contributed by atoms with van der Waals surface area (Å²) in [7, 11) is 0. The van der Waals surface area contributed by atoms with Gasteiger partial charge in [-0.15, -0.1) is 0 Å². The molecule has 1 aliphatic rings. The summed E-state index contributed by atoms with van der Waals surface area (Å²) in [6.45, 7) is 1.72. The predicted molar refractivity (Wildman–Crippen MR) is 155 cm³/mol.